The quantitative estimate of drug-likeness (QED) is 0.291. The van der Waals surface area contributed by atoms with Crippen LogP contribution in [0.4, 0.5) is 11.5 Å². The summed E-state index contributed by atoms with van der Waals surface area (Å²) in [6.45, 7) is 0. The summed E-state index contributed by atoms with van der Waals surface area (Å²) in [6.07, 6.45) is 4.54. The van der Waals surface area contributed by atoms with E-state index in [1.165, 1.54) is 17.4 Å². The number of aryl methyl sites for hydroxylation is 1. The summed E-state index contributed by atoms with van der Waals surface area (Å²) in [6, 6.07) is 15.3. The van der Waals surface area contributed by atoms with Crippen molar-refractivity contribution < 1.29 is 14.3 Å². The normalized spacial score (nSPS) is 11.4. The predicted molar refractivity (Wildman–Crippen MR) is 145 cm³/mol. The molecule has 2 amide bonds. The Kier molecular flexibility index (Phi) is 5.91. The second-order valence-corrected chi connectivity index (χ2v) is 9.08. The molecule has 8 nitrogen and oxygen atoms in total. The number of rotatable bonds is 6. The monoisotopic (exact) mass is 497 g/mol. The maximum absolute atomic E-state index is 13.1. The van der Waals surface area contributed by atoms with E-state index in [4.69, 9.17) is 16.2 Å². The summed E-state index contributed by atoms with van der Waals surface area (Å²) in [4.78, 5) is 28.6. The highest BCUT2D eigenvalue weighted by atomic mass is 32.1. The molecular weight excluding hydrogens is 474 g/mol. The Bertz CT molecular complexity index is 1680. The Hall–Kier alpha value is -4.63. The largest absolute Gasteiger partial charge is 0.495 e. The lowest BCUT2D eigenvalue weighted by atomic mass is 10.0. The van der Waals surface area contributed by atoms with Gasteiger partial charge in [-0.3, -0.25) is 9.59 Å². The van der Waals surface area contributed by atoms with Gasteiger partial charge in [0.05, 0.1) is 12.8 Å². The van der Waals surface area contributed by atoms with Crippen molar-refractivity contribution in [3.8, 4) is 16.9 Å². The van der Waals surface area contributed by atoms with Crippen LogP contribution in [0.5, 0.6) is 5.75 Å². The molecule has 5 N–H and O–H groups in total. The fourth-order valence-electron chi connectivity index (χ4n) is 4.25. The van der Waals surface area contributed by atoms with Crippen LogP contribution in [0.3, 0.4) is 0 Å². The van der Waals surface area contributed by atoms with Crippen LogP contribution in [0.1, 0.15) is 16.1 Å². The van der Waals surface area contributed by atoms with Gasteiger partial charge in [-0.2, -0.15) is 0 Å². The summed E-state index contributed by atoms with van der Waals surface area (Å²) < 4.78 is 8.37. The number of nitrogens with two attached hydrogens (primary N) is 2. The summed E-state index contributed by atoms with van der Waals surface area (Å²) >= 11 is 1.49. The van der Waals surface area contributed by atoms with Gasteiger partial charge >= 0.3 is 0 Å². The number of nitrogens with zero attached hydrogens (tertiary/aromatic N) is 2. The molecule has 5 aromatic rings. The first-order chi connectivity index (χ1) is 17.4. The van der Waals surface area contributed by atoms with Gasteiger partial charge in [-0.05, 0) is 41.3 Å². The maximum Gasteiger partial charge on any atom is 0.272 e. The van der Waals surface area contributed by atoms with Crippen molar-refractivity contribution >= 4 is 61.7 Å². The number of nitrogens with one attached hydrogen (secondary N) is 1. The van der Waals surface area contributed by atoms with Gasteiger partial charge in [0.1, 0.15) is 17.3 Å². The average molecular weight is 498 g/mol. The smallest absolute Gasteiger partial charge is 0.272 e. The lowest BCUT2D eigenvalue weighted by Crippen LogP contribution is -2.16. The number of hydrogen-bond donors (Lipinski definition) is 3. The van der Waals surface area contributed by atoms with Gasteiger partial charge in [-0.15, -0.1) is 11.3 Å². The molecule has 0 aliphatic carbocycles. The van der Waals surface area contributed by atoms with Crippen LogP contribution in [-0.4, -0.2) is 28.5 Å². The zero-order chi connectivity index (χ0) is 25.4. The van der Waals surface area contributed by atoms with Crippen molar-refractivity contribution in [1.29, 1.82) is 0 Å². The molecule has 0 atom stereocenters. The Balaban J connectivity index is 1.50. The maximum atomic E-state index is 13.1. The molecule has 0 spiro atoms. The Labute approximate surface area is 210 Å². The van der Waals surface area contributed by atoms with Gasteiger partial charge in [0, 0.05) is 51.4 Å². The minimum absolute atomic E-state index is 0.236. The molecule has 0 bridgehead atoms. The zero-order valence-electron chi connectivity index (χ0n) is 19.6. The Morgan fingerprint density at radius 1 is 1.17 bits per heavy atom. The molecule has 9 heteroatoms. The SMILES string of the molecule is COc1cc(-c2csc3c(C=CC(N)=O)cnc(N)c23)ccc1NC(=O)c1cc2ccccc2n1C. The number of anilines is 2. The van der Waals surface area contributed by atoms with Crippen molar-refractivity contribution in [2.75, 3.05) is 18.2 Å². The second-order valence-electron chi connectivity index (χ2n) is 8.20. The number of ether oxygens (including phenoxy) is 1. The minimum atomic E-state index is -0.539. The van der Waals surface area contributed by atoms with E-state index < -0.39 is 5.91 Å². The number of carbonyl (C=O) groups is 2. The number of primary amides is 1. The van der Waals surface area contributed by atoms with Gasteiger partial charge in [0.15, 0.2) is 0 Å². The highest BCUT2D eigenvalue weighted by molar-refractivity contribution is 7.18. The zero-order valence-corrected chi connectivity index (χ0v) is 20.4. The highest BCUT2D eigenvalue weighted by Crippen LogP contribution is 2.41. The second kappa shape index (κ2) is 9.20. The van der Waals surface area contributed by atoms with Crippen LogP contribution in [0.25, 0.3) is 38.2 Å². The number of thiophene rings is 1. The number of benzene rings is 2. The molecule has 180 valence electrons. The summed E-state index contributed by atoms with van der Waals surface area (Å²) in [5.41, 5.74) is 16.0. The number of aromatic nitrogens is 2. The third-order valence-electron chi connectivity index (χ3n) is 6.02. The summed E-state index contributed by atoms with van der Waals surface area (Å²) in [7, 11) is 3.42. The number of fused-ring (bicyclic) bond motifs is 2. The van der Waals surface area contributed by atoms with Crippen LogP contribution in [0.15, 0.2) is 66.2 Å². The molecule has 0 aliphatic heterocycles. The van der Waals surface area contributed by atoms with E-state index in [1.54, 1.807) is 25.4 Å². The molecule has 36 heavy (non-hydrogen) atoms. The number of carbonyl (C=O) groups excluding carboxylic acids is 2. The first-order valence-corrected chi connectivity index (χ1v) is 11.9. The summed E-state index contributed by atoms with van der Waals surface area (Å²) in [5.74, 6) is 0.113. The van der Waals surface area contributed by atoms with Gasteiger partial charge in [0.25, 0.3) is 5.91 Å². The minimum Gasteiger partial charge on any atom is -0.495 e. The number of pyridine rings is 1. The first-order valence-electron chi connectivity index (χ1n) is 11.0. The predicted octanol–water partition coefficient (Wildman–Crippen LogP) is 4.80. The molecular formula is C27H23N5O3S. The van der Waals surface area contributed by atoms with Crippen LogP contribution in [-0.2, 0) is 11.8 Å². The fourth-order valence-corrected chi connectivity index (χ4v) is 5.32. The topological polar surface area (TPSA) is 125 Å². The van der Waals surface area contributed by atoms with Gasteiger partial charge < -0.3 is 26.1 Å². The van der Waals surface area contributed by atoms with Gasteiger partial charge in [0.2, 0.25) is 5.91 Å². The van der Waals surface area contributed by atoms with Gasteiger partial charge in [-0.25, -0.2) is 4.98 Å². The summed E-state index contributed by atoms with van der Waals surface area (Å²) in [5, 5.41) is 6.72. The third kappa shape index (κ3) is 4.05. The van der Waals surface area contributed by atoms with E-state index in [1.807, 2.05) is 59.5 Å². The van der Waals surface area contributed by atoms with Crippen LogP contribution < -0.4 is 21.5 Å². The highest BCUT2D eigenvalue weighted by Gasteiger charge is 2.18. The van der Waals surface area contributed by atoms with Crippen LogP contribution >= 0.6 is 11.3 Å². The van der Waals surface area contributed by atoms with E-state index in [9.17, 15) is 9.59 Å². The average Bonchev–Trinajstić information content (AvgIpc) is 3.47. The van der Waals surface area contributed by atoms with E-state index in [0.29, 0.717) is 22.9 Å². The molecule has 5 rings (SSSR count). The molecule has 0 saturated heterocycles. The Morgan fingerprint density at radius 3 is 2.72 bits per heavy atom. The van der Waals surface area contributed by atoms with Crippen molar-refractivity contribution in [2.24, 2.45) is 12.8 Å². The van der Waals surface area contributed by atoms with E-state index in [0.717, 1.165) is 37.7 Å². The molecule has 3 heterocycles. The first kappa shape index (κ1) is 23.1. The number of hydrogen-bond acceptors (Lipinski definition) is 6. The van der Waals surface area contributed by atoms with Gasteiger partial charge in [-0.1, -0.05) is 24.3 Å². The molecule has 0 unspecified atom stereocenters. The molecule has 0 radical (unpaired) electrons. The standard InChI is InChI=1S/C27H23N5O3S/c1-32-20-6-4-3-5-16(20)11-21(32)27(34)31-19-9-7-15(12-22(19)35-2)18-14-36-25-17(8-10-23(28)33)13-30-26(29)24(18)25/h3-14H,1-2H3,(H2,28,33)(H2,29,30)(H,31,34). The van der Waals surface area contributed by atoms with Crippen molar-refractivity contribution in [3.63, 3.8) is 0 Å². The lowest BCUT2D eigenvalue weighted by molar-refractivity contribution is -0.113. The van der Waals surface area contributed by atoms with Crippen molar-refractivity contribution in [1.82, 2.24) is 9.55 Å². The number of amides is 2. The van der Waals surface area contributed by atoms with Crippen molar-refractivity contribution in [3.05, 3.63) is 77.4 Å². The lowest BCUT2D eigenvalue weighted by Gasteiger charge is -2.13. The van der Waals surface area contributed by atoms with Crippen LogP contribution in [0, 0.1) is 0 Å². The van der Waals surface area contributed by atoms with E-state index >= 15 is 0 Å². The Morgan fingerprint density at radius 2 is 1.97 bits per heavy atom. The molecule has 3 aromatic heterocycles. The number of methoxy groups -OCH3 is 1. The van der Waals surface area contributed by atoms with E-state index in [2.05, 4.69) is 10.3 Å². The third-order valence-corrected chi connectivity index (χ3v) is 7.05. The fraction of sp³-hybridized carbons (Fsp3) is 0.0741. The molecule has 0 saturated carbocycles. The van der Waals surface area contributed by atoms with Crippen molar-refractivity contribution in [2.45, 2.75) is 0 Å². The number of para-hydroxylation sites is 1. The van der Waals surface area contributed by atoms with E-state index in [-0.39, 0.29) is 5.91 Å². The molecule has 0 aliphatic rings. The number of nitrogen functional groups attached to an aromatic ring is 1. The molecule has 0 fully saturated rings. The molecule has 2 aromatic carbocycles. The van der Waals surface area contributed by atoms with Crippen LogP contribution in [0.2, 0.25) is 0 Å².